The molecular formula is C22H24O8. The van der Waals surface area contributed by atoms with Crippen molar-refractivity contribution in [3.05, 3.63) is 35.3 Å². The molecule has 1 aromatic carbocycles. The van der Waals surface area contributed by atoms with Crippen molar-refractivity contribution in [3.63, 3.8) is 0 Å². The first-order chi connectivity index (χ1) is 14.6. The van der Waals surface area contributed by atoms with Gasteiger partial charge in [-0.2, -0.15) is 0 Å². The fourth-order valence-electron chi connectivity index (χ4n) is 4.64. The molecule has 3 heterocycles. The lowest BCUT2D eigenvalue weighted by Gasteiger charge is -2.28. The molecule has 8 nitrogen and oxygen atoms in total. The van der Waals surface area contributed by atoms with Crippen LogP contribution in [0.1, 0.15) is 44.1 Å². The molecule has 8 heteroatoms. The van der Waals surface area contributed by atoms with Gasteiger partial charge in [0.25, 0.3) is 5.79 Å². The maximum Gasteiger partial charge on any atom is 0.342 e. The quantitative estimate of drug-likeness (QED) is 0.732. The Bertz CT molecular complexity index is 927. The van der Waals surface area contributed by atoms with Gasteiger partial charge in [-0.3, -0.25) is 0 Å². The summed E-state index contributed by atoms with van der Waals surface area (Å²) in [5, 5.41) is 11.4. The van der Waals surface area contributed by atoms with E-state index in [1.807, 2.05) is 0 Å². The van der Waals surface area contributed by atoms with Crippen LogP contribution in [0.4, 0.5) is 0 Å². The summed E-state index contributed by atoms with van der Waals surface area (Å²) in [4.78, 5) is 13.0. The molecule has 0 aromatic heterocycles. The van der Waals surface area contributed by atoms with E-state index in [1.165, 1.54) is 19.8 Å². The molecule has 1 aliphatic carbocycles. The zero-order valence-electron chi connectivity index (χ0n) is 16.8. The van der Waals surface area contributed by atoms with E-state index < -0.39 is 11.8 Å². The average Bonchev–Trinajstić information content (AvgIpc) is 3.49. The highest BCUT2D eigenvalue weighted by molar-refractivity contribution is 6.20. The van der Waals surface area contributed by atoms with Gasteiger partial charge in [0.2, 0.25) is 25.1 Å². The van der Waals surface area contributed by atoms with E-state index in [9.17, 15) is 9.90 Å². The SMILES string of the molecule is COc1cc(C2=C(CC3CCCCC3)C(O)(C3=COCO3)OC2=O)cc2c1OCO2. The topological polar surface area (TPSA) is 92.7 Å². The molecule has 0 spiro atoms. The summed E-state index contributed by atoms with van der Waals surface area (Å²) in [6.45, 7) is 0.0503. The Balaban J connectivity index is 1.63. The van der Waals surface area contributed by atoms with E-state index in [1.54, 1.807) is 12.1 Å². The number of methoxy groups -OCH3 is 1. The third-order valence-corrected chi connectivity index (χ3v) is 6.13. The van der Waals surface area contributed by atoms with Gasteiger partial charge in [0, 0.05) is 5.57 Å². The second kappa shape index (κ2) is 7.43. The maximum absolute atomic E-state index is 13.0. The van der Waals surface area contributed by atoms with Crippen LogP contribution in [-0.4, -0.2) is 37.6 Å². The largest absolute Gasteiger partial charge is 0.493 e. The third-order valence-electron chi connectivity index (χ3n) is 6.13. The van der Waals surface area contributed by atoms with Crippen LogP contribution in [0.25, 0.3) is 5.57 Å². The lowest BCUT2D eigenvalue weighted by molar-refractivity contribution is -0.180. The first-order valence-corrected chi connectivity index (χ1v) is 10.2. The van der Waals surface area contributed by atoms with Crippen LogP contribution in [-0.2, 0) is 19.0 Å². The molecule has 3 aliphatic heterocycles. The Morgan fingerprint density at radius 3 is 2.70 bits per heavy atom. The molecular weight excluding hydrogens is 392 g/mol. The van der Waals surface area contributed by atoms with E-state index in [2.05, 4.69) is 0 Å². The number of hydrogen-bond donors (Lipinski definition) is 1. The molecule has 30 heavy (non-hydrogen) atoms. The zero-order valence-corrected chi connectivity index (χ0v) is 16.8. The molecule has 5 rings (SSSR count). The molecule has 1 atom stereocenters. The Labute approximate surface area is 174 Å². The Morgan fingerprint density at radius 2 is 1.97 bits per heavy atom. The maximum atomic E-state index is 13.0. The molecule has 1 fully saturated rings. The fraction of sp³-hybridized carbons (Fsp3) is 0.500. The third kappa shape index (κ3) is 3.06. The summed E-state index contributed by atoms with van der Waals surface area (Å²) in [6, 6.07) is 3.42. The van der Waals surface area contributed by atoms with Crippen molar-refractivity contribution in [2.45, 2.75) is 44.3 Å². The lowest BCUT2D eigenvalue weighted by atomic mass is 9.81. The van der Waals surface area contributed by atoms with Gasteiger partial charge in [-0.05, 0) is 30.0 Å². The van der Waals surface area contributed by atoms with Crippen molar-refractivity contribution in [2.24, 2.45) is 5.92 Å². The number of ether oxygens (including phenoxy) is 6. The van der Waals surface area contributed by atoms with Gasteiger partial charge in [0.1, 0.15) is 6.26 Å². The number of aliphatic hydroxyl groups is 1. The van der Waals surface area contributed by atoms with Crippen molar-refractivity contribution < 1.29 is 38.3 Å². The first-order valence-electron chi connectivity index (χ1n) is 10.2. The van der Waals surface area contributed by atoms with E-state index in [0.717, 1.165) is 25.7 Å². The second-order valence-corrected chi connectivity index (χ2v) is 7.92. The highest BCUT2D eigenvalue weighted by atomic mass is 16.7. The Morgan fingerprint density at radius 1 is 1.13 bits per heavy atom. The van der Waals surface area contributed by atoms with Gasteiger partial charge in [0.05, 0.1) is 12.7 Å². The summed E-state index contributed by atoms with van der Waals surface area (Å²) < 4.78 is 32.5. The number of hydrogen-bond acceptors (Lipinski definition) is 8. The van der Waals surface area contributed by atoms with Crippen LogP contribution in [0.3, 0.4) is 0 Å². The molecule has 1 unspecified atom stereocenters. The van der Waals surface area contributed by atoms with Crippen LogP contribution in [0.15, 0.2) is 29.7 Å². The molecule has 0 radical (unpaired) electrons. The number of carbonyl (C=O) groups excluding carboxylic acids is 1. The number of carbonyl (C=O) groups is 1. The first kappa shape index (κ1) is 19.1. The number of rotatable bonds is 5. The Kier molecular flexibility index (Phi) is 4.73. The number of fused-ring (bicyclic) bond motifs is 1. The Hall–Kier alpha value is -2.87. The van der Waals surface area contributed by atoms with E-state index in [0.29, 0.717) is 46.3 Å². The molecule has 1 aromatic rings. The minimum absolute atomic E-state index is 0.0287. The number of esters is 1. The van der Waals surface area contributed by atoms with E-state index >= 15 is 0 Å². The standard InChI is InChI=1S/C22H24O8/c1-25-16-8-14(9-17-20(16)29-12-27-17)19-15(7-13-5-3-2-4-6-13)22(24,30-21(19)23)18-10-26-11-28-18/h8-10,13,24H,2-7,11-12H2,1H3. The summed E-state index contributed by atoms with van der Waals surface area (Å²) in [6.07, 6.45) is 7.40. The molecule has 1 N–H and O–H groups in total. The summed E-state index contributed by atoms with van der Waals surface area (Å²) >= 11 is 0. The van der Waals surface area contributed by atoms with Crippen LogP contribution in [0.2, 0.25) is 0 Å². The van der Waals surface area contributed by atoms with Crippen LogP contribution >= 0.6 is 0 Å². The summed E-state index contributed by atoms with van der Waals surface area (Å²) in [5.41, 5.74) is 1.33. The van der Waals surface area contributed by atoms with Crippen molar-refractivity contribution in [3.8, 4) is 17.2 Å². The van der Waals surface area contributed by atoms with Crippen molar-refractivity contribution in [2.75, 3.05) is 20.7 Å². The molecule has 0 amide bonds. The van der Waals surface area contributed by atoms with Crippen molar-refractivity contribution in [1.82, 2.24) is 0 Å². The molecule has 0 saturated heterocycles. The van der Waals surface area contributed by atoms with Gasteiger partial charge >= 0.3 is 5.97 Å². The number of cyclic esters (lactones) is 1. The van der Waals surface area contributed by atoms with E-state index in [4.69, 9.17) is 28.4 Å². The predicted octanol–water partition coefficient (Wildman–Crippen LogP) is 3.24. The minimum Gasteiger partial charge on any atom is -0.493 e. The lowest BCUT2D eigenvalue weighted by Crippen LogP contribution is -2.35. The van der Waals surface area contributed by atoms with Gasteiger partial charge in [0.15, 0.2) is 11.5 Å². The summed E-state index contributed by atoms with van der Waals surface area (Å²) in [5.74, 6) is -0.741. The van der Waals surface area contributed by atoms with Crippen molar-refractivity contribution in [1.29, 1.82) is 0 Å². The molecule has 0 bridgehead atoms. The van der Waals surface area contributed by atoms with E-state index in [-0.39, 0.29) is 19.3 Å². The summed E-state index contributed by atoms with van der Waals surface area (Å²) in [7, 11) is 1.52. The highest BCUT2D eigenvalue weighted by Gasteiger charge is 2.52. The highest BCUT2D eigenvalue weighted by Crippen LogP contribution is 2.49. The van der Waals surface area contributed by atoms with Crippen LogP contribution < -0.4 is 14.2 Å². The smallest absolute Gasteiger partial charge is 0.342 e. The van der Waals surface area contributed by atoms with Gasteiger partial charge < -0.3 is 33.5 Å². The molecule has 4 aliphatic rings. The monoisotopic (exact) mass is 416 g/mol. The zero-order chi connectivity index (χ0) is 20.7. The predicted molar refractivity (Wildman–Crippen MR) is 103 cm³/mol. The van der Waals surface area contributed by atoms with Crippen LogP contribution in [0, 0.1) is 5.92 Å². The fourth-order valence-corrected chi connectivity index (χ4v) is 4.64. The number of benzene rings is 1. The van der Waals surface area contributed by atoms with Crippen molar-refractivity contribution >= 4 is 11.5 Å². The normalized spacial score (nSPS) is 25.7. The van der Waals surface area contributed by atoms with Gasteiger partial charge in [-0.25, -0.2) is 4.79 Å². The van der Waals surface area contributed by atoms with Crippen LogP contribution in [0.5, 0.6) is 17.2 Å². The van der Waals surface area contributed by atoms with Gasteiger partial charge in [-0.15, -0.1) is 0 Å². The second-order valence-electron chi connectivity index (χ2n) is 7.92. The molecule has 160 valence electrons. The molecule has 1 saturated carbocycles. The van der Waals surface area contributed by atoms with Gasteiger partial charge in [-0.1, -0.05) is 32.1 Å². The average molecular weight is 416 g/mol. The minimum atomic E-state index is -1.98.